The first kappa shape index (κ1) is 27.8. The molecule has 1 amide bonds. The van der Waals surface area contributed by atoms with Gasteiger partial charge in [-0.1, -0.05) is 46.4 Å². The summed E-state index contributed by atoms with van der Waals surface area (Å²) in [6.45, 7) is 2.44. The summed E-state index contributed by atoms with van der Waals surface area (Å²) >= 11 is 23.1. The van der Waals surface area contributed by atoms with Crippen LogP contribution in [0.1, 0.15) is 25.1 Å². The SMILES string of the molecule is COC(C)ON(C(C)=O)c1c(SC(F)(Cl)Cl)c(C#N)nn1-c1c(Cl)cc(C(F)(F)F)cc1Cl. The van der Waals surface area contributed by atoms with E-state index in [0.29, 0.717) is 17.2 Å². The number of carbonyl (C=O) groups is 1. The van der Waals surface area contributed by atoms with Crippen LogP contribution in [0.15, 0.2) is 17.0 Å². The summed E-state index contributed by atoms with van der Waals surface area (Å²) in [6.07, 6.45) is -5.83. The van der Waals surface area contributed by atoms with Crippen LogP contribution >= 0.6 is 58.2 Å². The Morgan fingerprint density at radius 3 is 2.21 bits per heavy atom. The van der Waals surface area contributed by atoms with Gasteiger partial charge >= 0.3 is 10.1 Å². The van der Waals surface area contributed by atoms with Crippen LogP contribution in [-0.2, 0) is 20.5 Å². The molecule has 0 aliphatic rings. The van der Waals surface area contributed by atoms with Crippen molar-refractivity contribution in [2.45, 2.75) is 35.1 Å². The quantitative estimate of drug-likeness (QED) is 0.124. The van der Waals surface area contributed by atoms with Crippen LogP contribution in [0.25, 0.3) is 5.69 Å². The monoisotopic (exact) mass is 568 g/mol. The van der Waals surface area contributed by atoms with Crippen molar-refractivity contribution in [3.8, 4) is 11.8 Å². The molecule has 7 nitrogen and oxygen atoms in total. The molecule has 1 aromatic heterocycles. The minimum absolute atomic E-state index is 0.0711. The zero-order valence-electron chi connectivity index (χ0n) is 16.7. The Morgan fingerprint density at radius 1 is 1.27 bits per heavy atom. The molecule has 1 heterocycles. The van der Waals surface area contributed by atoms with Gasteiger partial charge < -0.3 is 4.74 Å². The summed E-state index contributed by atoms with van der Waals surface area (Å²) in [7, 11) is 1.25. The highest BCUT2D eigenvalue weighted by Crippen LogP contribution is 2.48. The van der Waals surface area contributed by atoms with Crippen LogP contribution in [0.3, 0.4) is 0 Å². The van der Waals surface area contributed by atoms with Crippen LogP contribution in [0.4, 0.5) is 23.4 Å². The molecule has 0 fully saturated rings. The number of carbonyl (C=O) groups excluding carboxylic acids is 1. The summed E-state index contributed by atoms with van der Waals surface area (Å²) in [4.78, 5) is 17.4. The molecule has 0 saturated heterocycles. The van der Waals surface area contributed by atoms with Crippen molar-refractivity contribution in [2.24, 2.45) is 0 Å². The lowest BCUT2D eigenvalue weighted by molar-refractivity contribution is -0.148. The van der Waals surface area contributed by atoms with Gasteiger partial charge in [0.1, 0.15) is 11.8 Å². The number of methoxy groups -OCH3 is 1. The first-order valence-electron chi connectivity index (χ1n) is 8.46. The number of ether oxygens (including phenoxy) is 1. The highest BCUT2D eigenvalue weighted by molar-refractivity contribution is 8.03. The molecule has 1 unspecified atom stereocenters. The second-order valence-corrected chi connectivity index (χ2v) is 9.75. The van der Waals surface area contributed by atoms with Crippen LogP contribution < -0.4 is 5.06 Å². The normalized spacial score (nSPS) is 13.0. The summed E-state index contributed by atoms with van der Waals surface area (Å²) in [5.74, 6) is -1.28. The number of hydrogen-bond donors (Lipinski definition) is 0. The van der Waals surface area contributed by atoms with Crippen molar-refractivity contribution in [3.63, 3.8) is 0 Å². The van der Waals surface area contributed by atoms with Gasteiger partial charge in [-0.2, -0.15) is 33.0 Å². The lowest BCUT2D eigenvalue weighted by Crippen LogP contribution is -2.35. The smallest absolute Gasteiger partial charge is 0.354 e. The van der Waals surface area contributed by atoms with Crippen molar-refractivity contribution in [2.75, 3.05) is 12.2 Å². The number of rotatable bonds is 7. The number of hydroxylamine groups is 1. The number of nitrogens with zero attached hydrogens (tertiary/aromatic N) is 4. The second kappa shape index (κ2) is 10.4. The Hall–Kier alpha value is -1.46. The molecular weight excluding hydrogens is 558 g/mol. The molecule has 0 spiro atoms. The fourth-order valence-corrected chi connectivity index (χ4v) is 4.19. The number of hydrogen-bond acceptors (Lipinski definition) is 6. The summed E-state index contributed by atoms with van der Waals surface area (Å²) < 4.78 is 56.2. The molecule has 0 radical (unpaired) electrons. The van der Waals surface area contributed by atoms with Crippen molar-refractivity contribution < 1.29 is 31.9 Å². The minimum atomic E-state index is -4.77. The Bertz CT molecular complexity index is 1080. The first-order valence-corrected chi connectivity index (χ1v) is 10.8. The van der Waals surface area contributed by atoms with Crippen LogP contribution in [-0.4, -0.2) is 33.0 Å². The second-order valence-electron chi connectivity index (χ2n) is 6.08. The molecule has 1 aromatic carbocycles. The van der Waals surface area contributed by atoms with Crippen molar-refractivity contribution in [3.05, 3.63) is 33.4 Å². The Kier molecular flexibility index (Phi) is 8.78. The van der Waals surface area contributed by atoms with Gasteiger partial charge in [0.15, 0.2) is 17.8 Å². The number of anilines is 1. The maximum absolute atomic E-state index is 14.1. The molecule has 1 atom stereocenters. The van der Waals surface area contributed by atoms with E-state index in [2.05, 4.69) is 5.10 Å². The molecule has 0 aliphatic carbocycles. The Labute approximate surface area is 209 Å². The largest absolute Gasteiger partial charge is 0.416 e. The molecule has 16 heteroatoms. The molecular formula is C17H12Cl4F4N4O3S. The summed E-state index contributed by atoms with van der Waals surface area (Å²) in [5, 5.41) is 12.9. The van der Waals surface area contributed by atoms with Crippen LogP contribution in [0.5, 0.6) is 0 Å². The van der Waals surface area contributed by atoms with E-state index in [1.54, 1.807) is 6.07 Å². The van der Waals surface area contributed by atoms with Gasteiger partial charge in [0.25, 0.3) is 0 Å². The predicted octanol–water partition coefficient (Wildman–Crippen LogP) is 6.50. The molecule has 2 aromatic rings. The van der Waals surface area contributed by atoms with E-state index >= 15 is 0 Å². The number of amides is 1. The van der Waals surface area contributed by atoms with E-state index < -0.39 is 54.3 Å². The molecule has 2 rings (SSSR count). The standard InChI is InChI=1S/C17H12Cl4F4N4O3S/c1-7(30)29(32-8(2)31-3)15-14(33-17(20,21)25)12(6-26)27-28(15)13-10(18)4-9(5-11(13)19)16(22,23)24/h4-5,8H,1-3H3. The Balaban J connectivity index is 2.92. The average Bonchev–Trinajstić information content (AvgIpc) is 3.00. The molecule has 0 bridgehead atoms. The third-order valence-electron chi connectivity index (χ3n) is 3.76. The fraction of sp³-hybridized carbons (Fsp3) is 0.353. The number of thioether (sulfide) groups is 1. The topological polar surface area (TPSA) is 80.4 Å². The summed E-state index contributed by atoms with van der Waals surface area (Å²) in [6, 6.07) is 2.78. The van der Waals surface area contributed by atoms with E-state index in [4.69, 9.17) is 56.0 Å². The number of halogens is 8. The molecule has 0 saturated carbocycles. The van der Waals surface area contributed by atoms with E-state index in [1.165, 1.54) is 14.0 Å². The third-order valence-corrected chi connectivity index (χ3v) is 5.61. The molecule has 0 N–H and O–H groups in total. The number of benzene rings is 1. The predicted molar refractivity (Wildman–Crippen MR) is 115 cm³/mol. The van der Waals surface area contributed by atoms with E-state index in [-0.39, 0.29) is 17.4 Å². The maximum Gasteiger partial charge on any atom is 0.416 e. The van der Waals surface area contributed by atoms with Crippen LogP contribution in [0.2, 0.25) is 10.0 Å². The van der Waals surface area contributed by atoms with Crippen molar-refractivity contribution >= 4 is 69.9 Å². The molecule has 180 valence electrons. The van der Waals surface area contributed by atoms with Gasteiger partial charge in [-0.15, -0.1) is 0 Å². The lowest BCUT2D eigenvalue weighted by atomic mass is 10.2. The summed E-state index contributed by atoms with van der Waals surface area (Å²) in [5.41, 5.74) is -2.04. The van der Waals surface area contributed by atoms with Crippen molar-refractivity contribution in [1.29, 1.82) is 5.26 Å². The van der Waals surface area contributed by atoms with Gasteiger partial charge in [0, 0.05) is 14.0 Å². The van der Waals surface area contributed by atoms with Gasteiger partial charge in [0.2, 0.25) is 5.91 Å². The lowest BCUT2D eigenvalue weighted by Gasteiger charge is -2.25. The number of alkyl halides is 6. The van der Waals surface area contributed by atoms with Gasteiger partial charge in [-0.05, 0) is 30.8 Å². The van der Waals surface area contributed by atoms with Gasteiger partial charge in [0.05, 0.1) is 20.5 Å². The fourth-order valence-electron chi connectivity index (χ4n) is 2.41. The van der Waals surface area contributed by atoms with E-state index in [0.717, 1.165) is 11.6 Å². The molecule has 33 heavy (non-hydrogen) atoms. The van der Waals surface area contributed by atoms with E-state index in [9.17, 15) is 27.6 Å². The molecule has 0 aliphatic heterocycles. The van der Waals surface area contributed by atoms with Crippen LogP contribution in [0, 0.1) is 11.3 Å². The zero-order chi connectivity index (χ0) is 25.3. The van der Waals surface area contributed by atoms with Gasteiger partial charge in [-0.3, -0.25) is 4.79 Å². The number of aromatic nitrogens is 2. The first-order chi connectivity index (χ1) is 15.1. The minimum Gasteiger partial charge on any atom is -0.354 e. The Morgan fingerprint density at radius 2 is 1.82 bits per heavy atom. The third kappa shape index (κ3) is 6.57. The zero-order valence-corrected chi connectivity index (χ0v) is 20.5. The maximum atomic E-state index is 14.1. The van der Waals surface area contributed by atoms with Crippen molar-refractivity contribution in [1.82, 2.24) is 9.78 Å². The van der Waals surface area contributed by atoms with Gasteiger partial charge in [-0.25, -0.2) is 9.52 Å². The highest BCUT2D eigenvalue weighted by atomic mass is 35.5. The highest BCUT2D eigenvalue weighted by Gasteiger charge is 2.37. The average molecular weight is 570 g/mol. The number of nitriles is 1. The van der Waals surface area contributed by atoms with E-state index in [1.807, 2.05) is 0 Å².